The zero-order valence-corrected chi connectivity index (χ0v) is 11.2. The molecule has 2 rings (SSSR count). The average Bonchev–Trinajstić information content (AvgIpc) is 2.32. The summed E-state index contributed by atoms with van der Waals surface area (Å²) in [6, 6.07) is 9.33. The van der Waals surface area contributed by atoms with Gasteiger partial charge in [-0.3, -0.25) is 4.98 Å². The summed E-state index contributed by atoms with van der Waals surface area (Å²) in [5.74, 6) is 0. The Morgan fingerprint density at radius 2 is 2.00 bits per heavy atom. The molecule has 0 amide bonds. The second-order valence-electron chi connectivity index (χ2n) is 4.16. The Bertz CT molecular complexity index is 531. The molecule has 4 heteroatoms. The lowest BCUT2D eigenvalue weighted by atomic mass is 10.0. The van der Waals surface area contributed by atoms with E-state index in [-0.39, 0.29) is 0 Å². The summed E-state index contributed by atoms with van der Waals surface area (Å²) in [4.78, 5) is 3.92. The van der Waals surface area contributed by atoms with Crippen LogP contribution in [-0.2, 0) is 12.8 Å². The third-order valence-corrected chi connectivity index (χ3v) is 3.25. The fourth-order valence-electron chi connectivity index (χ4n) is 1.83. The molecule has 0 saturated heterocycles. The highest BCUT2D eigenvalue weighted by Crippen LogP contribution is 2.18. The van der Waals surface area contributed by atoms with Crippen LogP contribution in [0, 0.1) is 0 Å². The van der Waals surface area contributed by atoms with E-state index in [4.69, 9.17) is 23.2 Å². The fourth-order valence-corrected chi connectivity index (χ4v) is 2.24. The molecule has 1 aromatic carbocycles. The molecule has 2 nitrogen and oxygen atoms in total. The van der Waals surface area contributed by atoms with Crippen LogP contribution in [0.2, 0.25) is 10.0 Å². The molecule has 1 heterocycles. The van der Waals surface area contributed by atoms with Crippen LogP contribution in [-0.4, -0.2) is 16.2 Å². The largest absolute Gasteiger partial charge is 0.392 e. The van der Waals surface area contributed by atoms with Crippen molar-refractivity contribution in [1.82, 2.24) is 4.98 Å². The molecule has 0 radical (unpaired) electrons. The number of hydrogen-bond acceptors (Lipinski definition) is 2. The molecule has 1 N–H and O–H groups in total. The summed E-state index contributed by atoms with van der Waals surface area (Å²) in [6.45, 7) is 0. The van der Waals surface area contributed by atoms with E-state index in [9.17, 15) is 5.11 Å². The molecule has 0 bridgehead atoms. The van der Waals surface area contributed by atoms with E-state index < -0.39 is 6.10 Å². The highest BCUT2D eigenvalue weighted by atomic mass is 35.5. The summed E-state index contributed by atoms with van der Waals surface area (Å²) in [7, 11) is 0. The standard InChI is InChI=1S/C14H13Cl2NO/c15-12-3-1-2-10(6-12)7-13(18)8-11-4-5-17-9-14(11)16/h1-6,9,13,18H,7-8H2. The minimum absolute atomic E-state index is 0.483. The zero-order chi connectivity index (χ0) is 13.0. The maximum Gasteiger partial charge on any atom is 0.0622 e. The van der Waals surface area contributed by atoms with E-state index in [1.54, 1.807) is 12.4 Å². The Labute approximate surface area is 116 Å². The van der Waals surface area contributed by atoms with Gasteiger partial charge in [-0.05, 0) is 35.7 Å². The summed E-state index contributed by atoms with van der Waals surface area (Å²) < 4.78 is 0. The van der Waals surface area contributed by atoms with Crippen molar-refractivity contribution in [2.75, 3.05) is 0 Å². The zero-order valence-electron chi connectivity index (χ0n) is 9.68. The lowest BCUT2D eigenvalue weighted by Crippen LogP contribution is -2.14. The SMILES string of the molecule is OC(Cc1cccc(Cl)c1)Cc1ccncc1Cl. The second kappa shape index (κ2) is 6.19. The van der Waals surface area contributed by atoms with Gasteiger partial charge in [0.05, 0.1) is 11.1 Å². The van der Waals surface area contributed by atoms with Gasteiger partial charge in [-0.25, -0.2) is 0 Å². The molecule has 1 atom stereocenters. The predicted octanol–water partition coefficient (Wildman–Crippen LogP) is 3.53. The number of rotatable bonds is 4. The van der Waals surface area contributed by atoms with Gasteiger partial charge in [-0.2, -0.15) is 0 Å². The Hall–Kier alpha value is -1.09. The highest BCUT2D eigenvalue weighted by molar-refractivity contribution is 6.31. The lowest BCUT2D eigenvalue weighted by Gasteiger charge is -2.11. The molecule has 0 fully saturated rings. The number of pyridine rings is 1. The molecule has 0 aliphatic rings. The first-order valence-corrected chi connectivity index (χ1v) is 6.41. The van der Waals surface area contributed by atoms with Crippen molar-refractivity contribution in [1.29, 1.82) is 0 Å². The first-order chi connectivity index (χ1) is 8.65. The third-order valence-electron chi connectivity index (χ3n) is 2.67. The van der Waals surface area contributed by atoms with Crippen molar-refractivity contribution in [3.8, 4) is 0 Å². The van der Waals surface area contributed by atoms with Gasteiger partial charge in [0.25, 0.3) is 0 Å². The normalized spacial score (nSPS) is 12.4. The van der Waals surface area contributed by atoms with Crippen LogP contribution in [0.15, 0.2) is 42.7 Å². The molecule has 18 heavy (non-hydrogen) atoms. The molecule has 0 aliphatic carbocycles. The van der Waals surface area contributed by atoms with E-state index in [2.05, 4.69) is 4.98 Å². The second-order valence-corrected chi connectivity index (χ2v) is 5.00. The minimum atomic E-state index is -0.483. The van der Waals surface area contributed by atoms with E-state index in [0.717, 1.165) is 11.1 Å². The number of hydrogen-bond donors (Lipinski definition) is 1. The number of benzene rings is 1. The van der Waals surface area contributed by atoms with Gasteiger partial charge >= 0.3 is 0 Å². The van der Waals surface area contributed by atoms with E-state index >= 15 is 0 Å². The first kappa shape index (κ1) is 13.3. The average molecular weight is 282 g/mol. The minimum Gasteiger partial charge on any atom is -0.392 e. The predicted molar refractivity (Wildman–Crippen MR) is 74.1 cm³/mol. The van der Waals surface area contributed by atoms with Crippen LogP contribution >= 0.6 is 23.2 Å². The topological polar surface area (TPSA) is 33.1 Å². The van der Waals surface area contributed by atoms with Crippen LogP contribution < -0.4 is 0 Å². The molecular formula is C14H13Cl2NO. The Balaban J connectivity index is 2.01. The summed E-state index contributed by atoms with van der Waals surface area (Å²) in [5, 5.41) is 11.3. The lowest BCUT2D eigenvalue weighted by molar-refractivity contribution is 0.175. The van der Waals surface area contributed by atoms with Gasteiger partial charge in [0, 0.05) is 23.8 Å². The van der Waals surface area contributed by atoms with Crippen LogP contribution in [0.25, 0.3) is 0 Å². The van der Waals surface area contributed by atoms with Crippen molar-refractivity contribution in [2.24, 2.45) is 0 Å². The summed E-state index contributed by atoms with van der Waals surface area (Å²) >= 11 is 11.9. The van der Waals surface area contributed by atoms with Crippen molar-refractivity contribution >= 4 is 23.2 Å². The maximum absolute atomic E-state index is 10.0. The molecule has 1 unspecified atom stereocenters. The number of aromatic nitrogens is 1. The van der Waals surface area contributed by atoms with Gasteiger partial charge in [0.1, 0.15) is 0 Å². The molecule has 0 saturated carbocycles. The first-order valence-electron chi connectivity index (χ1n) is 5.66. The van der Waals surface area contributed by atoms with E-state index in [1.807, 2.05) is 30.3 Å². The fraction of sp³-hybridized carbons (Fsp3) is 0.214. The molecule has 2 aromatic rings. The number of aliphatic hydroxyl groups excluding tert-OH is 1. The van der Waals surface area contributed by atoms with Gasteiger partial charge < -0.3 is 5.11 Å². The molecular weight excluding hydrogens is 269 g/mol. The maximum atomic E-state index is 10.0. The Morgan fingerprint density at radius 1 is 1.17 bits per heavy atom. The summed E-state index contributed by atoms with van der Waals surface area (Å²) in [6.07, 6.45) is 3.84. The summed E-state index contributed by atoms with van der Waals surface area (Å²) in [5.41, 5.74) is 1.92. The number of halogens is 2. The Morgan fingerprint density at radius 3 is 2.72 bits per heavy atom. The molecule has 1 aromatic heterocycles. The molecule has 0 aliphatic heterocycles. The van der Waals surface area contributed by atoms with Crippen LogP contribution in [0.1, 0.15) is 11.1 Å². The van der Waals surface area contributed by atoms with E-state index in [1.165, 1.54) is 0 Å². The third kappa shape index (κ3) is 3.70. The molecule has 0 spiro atoms. The van der Waals surface area contributed by atoms with Gasteiger partial charge in [-0.15, -0.1) is 0 Å². The quantitative estimate of drug-likeness (QED) is 0.930. The van der Waals surface area contributed by atoms with Crippen molar-refractivity contribution in [3.63, 3.8) is 0 Å². The smallest absolute Gasteiger partial charge is 0.0622 e. The van der Waals surface area contributed by atoms with Gasteiger partial charge in [0.2, 0.25) is 0 Å². The highest BCUT2D eigenvalue weighted by Gasteiger charge is 2.09. The van der Waals surface area contributed by atoms with Crippen molar-refractivity contribution < 1.29 is 5.11 Å². The van der Waals surface area contributed by atoms with Crippen LogP contribution in [0.3, 0.4) is 0 Å². The molecule has 94 valence electrons. The van der Waals surface area contributed by atoms with Gasteiger partial charge in [0.15, 0.2) is 0 Å². The van der Waals surface area contributed by atoms with Gasteiger partial charge in [-0.1, -0.05) is 35.3 Å². The van der Waals surface area contributed by atoms with Crippen molar-refractivity contribution in [2.45, 2.75) is 18.9 Å². The van der Waals surface area contributed by atoms with Crippen molar-refractivity contribution in [3.05, 3.63) is 63.9 Å². The monoisotopic (exact) mass is 281 g/mol. The Kier molecular flexibility index (Phi) is 4.59. The number of aliphatic hydroxyl groups is 1. The van der Waals surface area contributed by atoms with Crippen LogP contribution in [0.5, 0.6) is 0 Å². The van der Waals surface area contributed by atoms with E-state index in [0.29, 0.717) is 22.9 Å². The van der Waals surface area contributed by atoms with Crippen LogP contribution in [0.4, 0.5) is 0 Å². The number of nitrogens with zero attached hydrogens (tertiary/aromatic N) is 1.